The van der Waals surface area contributed by atoms with E-state index in [4.69, 9.17) is 9.47 Å². The molecule has 8 heteroatoms. The number of thioether (sulfide) groups is 1. The zero-order valence-corrected chi connectivity index (χ0v) is 18.5. The Labute approximate surface area is 171 Å². The van der Waals surface area contributed by atoms with Crippen molar-refractivity contribution < 1.29 is 18.8 Å². The van der Waals surface area contributed by atoms with E-state index in [0.29, 0.717) is 17.0 Å². The summed E-state index contributed by atoms with van der Waals surface area (Å²) in [7, 11) is 2.13. The highest BCUT2D eigenvalue weighted by Crippen LogP contribution is 2.31. The summed E-state index contributed by atoms with van der Waals surface area (Å²) in [5.74, 6) is 1.37. The van der Waals surface area contributed by atoms with Crippen LogP contribution in [0.3, 0.4) is 0 Å². The third-order valence-corrected chi connectivity index (χ3v) is 6.10. The Morgan fingerprint density at radius 1 is 1.33 bits per heavy atom. The average Bonchev–Trinajstić information content (AvgIpc) is 3.10. The summed E-state index contributed by atoms with van der Waals surface area (Å²) in [6, 6.07) is 0. The van der Waals surface area contributed by atoms with Crippen molar-refractivity contribution in [1.82, 2.24) is 8.75 Å². The predicted molar refractivity (Wildman–Crippen MR) is 112 cm³/mol. The van der Waals surface area contributed by atoms with Crippen molar-refractivity contribution in [3.63, 3.8) is 0 Å². The zero-order chi connectivity index (χ0) is 19.7. The molecule has 1 aliphatic heterocycles. The van der Waals surface area contributed by atoms with Crippen molar-refractivity contribution >= 4 is 34.4 Å². The maximum absolute atomic E-state index is 11.9. The topological polar surface area (TPSA) is 61.3 Å². The first-order valence-electron chi connectivity index (χ1n) is 9.82. The highest BCUT2D eigenvalue weighted by molar-refractivity contribution is 8.13. The van der Waals surface area contributed by atoms with E-state index in [1.165, 1.54) is 42.8 Å². The average molecular weight is 415 g/mol. The molecule has 0 fully saturated rings. The van der Waals surface area contributed by atoms with Crippen molar-refractivity contribution in [2.45, 2.75) is 59.1 Å². The van der Waals surface area contributed by atoms with Crippen LogP contribution in [0, 0.1) is 0 Å². The van der Waals surface area contributed by atoms with Gasteiger partial charge in [0.1, 0.15) is 12.2 Å². The Kier molecular flexibility index (Phi) is 9.05. The molecule has 1 aromatic rings. The van der Waals surface area contributed by atoms with Crippen LogP contribution in [-0.4, -0.2) is 57.3 Å². The summed E-state index contributed by atoms with van der Waals surface area (Å²) in [4.78, 5) is 11.9. The lowest BCUT2D eigenvalue weighted by Crippen LogP contribution is -2.55. The molecular weight excluding hydrogens is 382 g/mol. The molecule has 2 rings (SSSR count). The molecule has 0 aliphatic carbocycles. The number of carbonyl (C=O) groups excluding carboxylic acids is 1. The number of likely N-dealkylation sites (N-methyl/N-ethyl adjacent to an activating group) is 1. The van der Waals surface area contributed by atoms with Crippen LogP contribution in [0.4, 0.5) is 4.79 Å². The van der Waals surface area contributed by atoms with Gasteiger partial charge in [0.05, 0.1) is 31.9 Å². The van der Waals surface area contributed by atoms with Gasteiger partial charge in [0.25, 0.3) is 5.88 Å². The van der Waals surface area contributed by atoms with Crippen LogP contribution in [0.5, 0.6) is 5.88 Å². The molecule has 2 heterocycles. The van der Waals surface area contributed by atoms with Gasteiger partial charge in [0.15, 0.2) is 0 Å². The van der Waals surface area contributed by atoms with E-state index in [9.17, 15) is 4.79 Å². The maximum Gasteiger partial charge on any atom is 0.371 e. The molecule has 27 heavy (non-hydrogen) atoms. The lowest BCUT2D eigenvalue weighted by Gasteiger charge is -2.41. The molecule has 0 saturated heterocycles. The summed E-state index contributed by atoms with van der Waals surface area (Å²) >= 11 is 2.40. The second-order valence-corrected chi connectivity index (χ2v) is 8.83. The third kappa shape index (κ3) is 6.47. The molecule has 0 amide bonds. The van der Waals surface area contributed by atoms with Crippen LogP contribution < -0.4 is 4.74 Å². The Bertz CT molecular complexity index is 635. The van der Waals surface area contributed by atoms with Gasteiger partial charge in [-0.05, 0) is 18.2 Å². The van der Waals surface area contributed by atoms with Crippen LogP contribution in [0.1, 0.15) is 58.6 Å². The Morgan fingerprint density at radius 3 is 2.89 bits per heavy atom. The second kappa shape index (κ2) is 11.0. The zero-order valence-electron chi connectivity index (χ0n) is 16.9. The van der Waals surface area contributed by atoms with Crippen molar-refractivity contribution in [3.8, 4) is 5.88 Å². The van der Waals surface area contributed by atoms with E-state index < -0.39 is 0 Å². The number of aromatic nitrogens is 2. The molecule has 0 bridgehead atoms. The first-order chi connectivity index (χ1) is 13.0. The normalized spacial score (nSPS) is 20.8. The van der Waals surface area contributed by atoms with Gasteiger partial charge >= 0.3 is 5.30 Å². The van der Waals surface area contributed by atoms with Gasteiger partial charge in [-0.25, -0.2) is 4.79 Å². The van der Waals surface area contributed by atoms with Crippen LogP contribution in [0.25, 0.3) is 5.57 Å². The van der Waals surface area contributed by atoms with Crippen molar-refractivity contribution in [1.29, 1.82) is 0 Å². The number of quaternary nitrogens is 1. The first kappa shape index (κ1) is 22.2. The molecule has 152 valence electrons. The molecule has 0 saturated carbocycles. The van der Waals surface area contributed by atoms with Crippen molar-refractivity contribution in [2.75, 3.05) is 32.5 Å². The minimum atomic E-state index is -0.203. The van der Waals surface area contributed by atoms with E-state index >= 15 is 0 Å². The number of ether oxygens (including phenoxy) is 2. The maximum atomic E-state index is 11.9. The number of unbranched alkanes of at least 4 members (excludes halogenated alkanes) is 3. The minimum absolute atomic E-state index is 0.202. The fourth-order valence-electron chi connectivity index (χ4n) is 3.14. The van der Waals surface area contributed by atoms with Gasteiger partial charge < -0.3 is 9.47 Å². The number of rotatable bonds is 10. The summed E-state index contributed by atoms with van der Waals surface area (Å²) in [6.07, 6.45) is 7.61. The fraction of sp³-hybridized carbons (Fsp3) is 0.737. The lowest BCUT2D eigenvalue weighted by molar-refractivity contribution is -0.944. The van der Waals surface area contributed by atoms with Gasteiger partial charge in [-0.2, -0.15) is 4.37 Å². The molecular formula is C19H32N3O3S2+. The second-order valence-electron chi connectivity index (χ2n) is 7.11. The molecule has 6 nitrogen and oxygen atoms in total. The molecule has 0 radical (unpaired) electrons. The lowest BCUT2D eigenvalue weighted by atomic mass is 10.0. The summed E-state index contributed by atoms with van der Waals surface area (Å²) in [5, 5.41) is -0.202. The highest BCUT2D eigenvalue weighted by Gasteiger charge is 2.36. The molecule has 2 atom stereocenters. The quantitative estimate of drug-likeness (QED) is 0.306. The van der Waals surface area contributed by atoms with Crippen LogP contribution in [0.2, 0.25) is 0 Å². The molecule has 0 aromatic carbocycles. The van der Waals surface area contributed by atoms with Crippen molar-refractivity contribution in [2.24, 2.45) is 0 Å². The first-order valence-corrected chi connectivity index (χ1v) is 11.5. The summed E-state index contributed by atoms with van der Waals surface area (Å²) in [6.45, 7) is 8.49. The number of carbonyl (C=O) groups is 1. The van der Waals surface area contributed by atoms with Crippen LogP contribution in [0.15, 0.2) is 6.08 Å². The van der Waals surface area contributed by atoms with Gasteiger partial charge in [-0.15, -0.1) is 4.37 Å². The van der Waals surface area contributed by atoms with Crippen LogP contribution >= 0.6 is 23.5 Å². The van der Waals surface area contributed by atoms with E-state index in [0.717, 1.165) is 43.0 Å². The molecule has 2 unspecified atom stereocenters. The molecule has 1 aromatic heterocycles. The summed E-state index contributed by atoms with van der Waals surface area (Å²) in [5.41, 5.74) is 1.98. The predicted octanol–water partition coefficient (Wildman–Crippen LogP) is 4.97. The Hall–Kier alpha value is -1.12. The minimum Gasteiger partial charge on any atom is -0.475 e. The van der Waals surface area contributed by atoms with E-state index in [1.54, 1.807) is 0 Å². The SMILES string of the molecule is CCCCCCOc1nsnc1C1=CCC[N+](C)(C(C)OC(=O)SCC)C1. The highest BCUT2D eigenvalue weighted by atomic mass is 32.2. The van der Waals surface area contributed by atoms with E-state index in [2.05, 4.69) is 28.8 Å². The van der Waals surface area contributed by atoms with Gasteiger partial charge in [-0.3, -0.25) is 4.48 Å². The molecule has 1 aliphatic rings. The standard InChI is InChI=1S/C19H32N3O3S2/c1-5-7-8-9-13-24-18-17(20-27-21-18)16-11-10-12-22(4,14-16)15(3)25-19(23)26-6-2/h11,15H,5-10,12-14H2,1-4H3/q+1. The molecule has 0 N–H and O–H groups in total. The smallest absolute Gasteiger partial charge is 0.371 e. The Balaban J connectivity index is 1.98. The number of nitrogens with zero attached hydrogens (tertiary/aromatic N) is 3. The van der Waals surface area contributed by atoms with Gasteiger partial charge in [0, 0.05) is 24.7 Å². The number of hydrogen-bond acceptors (Lipinski definition) is 7. The summed E-state index contributed by atoms with van der Waals surface area (Å²) < 4.78 is 21.0. The van der Waals surface area contributed by atoms with Crippen molar-refractivity contribution in [3.05, 3.63) is 11.8 Å². The fourth-order valence-corrected chi connectivity index (χ4v) is 4.11. The van der Waals surface area contributed by atoms with E-state index in [-0.39, 0.29) is 11.5 Å². The largest absolute Gasteiger partial charge is 0.475 e. The molecule has 0 spiro atoms. The van der Waals surface area contributed by atoms with Gasteiger partial charge in [0.2, 0.25) is 6.23 Å². The third-order valence-electron chi connectivity index (χ3n) is 4.97. The van der Waals surface area contributed by atoms with Gasteiger partial charge in [-0.1, -0.05) is 39.2 Å². The van der Waals surface area contributed by atoms with Crippen LogP contribution in [-0.2, 0) is 4.74 Å². The number of hydrogen-bond donors (Lipinski definition) is 0. The van der Waals surface area contributed by atoms with E-state index in [1.807, 2.05) is 13.8 Å². The monoisotopic (exact) mass is 414 g/mol. The Morgan fingerprint density at radius 2 is 2.15 bits per heavy atom.